The van der Waals surface area contributed by atoms with Crippen molar-refractivity contribution in [3.8, 4) is 11.3 Å². The monoisotopic (exact) mass is 337 g/mol. The summed E-state index contributed by atoms with van der Waals surface area (Å²) in [6, 6.07) is 12.5. The number of benzene rings is 1. The molecule has 0 bridgehead atoms. The molecule has 2 N–H and O–H groups in total. The predicted octanol–water partition coefficient (Wildman–Crippen LogP) is 4.11. The molecule has 0 radical (unpaired) electrons. The Balaban J connectivity index is 1.88. The molecule has 3 rings (SSSR count). The summed E-state index contributed by atoms with van der Waals surface area (Å²) in [5, 5.41) is 6.39. The second kappa shape index (κ2) is 7.70. The molecule has 0 spiro atoms. The Kier molecular flexibility index (Phi) is 5.18. The topological polar surface area (TPSA) is 62.7 Å². The summed E-state index contributed by atoms with van der Waals surface area (Å²) < 4.78 is 13.8. The van der Waals surface area contributed by atoms with Crippen molar-refractivity contribution >= 4 is 11.8 Å². The van der Waals surface area contributed by atoms with Gasteiger partial charge in [-0.05, 0) is 32.0 Å². The van der Waals surface area contributed by atoms with Gasteiger partial charge in [-0.3, -0.25) is 4.98 Å². The van der Waals surface area contributed by atoms with E-state index in [-0.39, 0.29) is 11.9 Å². The number of halogens is 1. The maximum Gasteiger partial charge on any atom is 0.225 e. The zero-order chi connectivity index (χ0) is 17.6. The van der Waals surface area contributed by atoms with Crippen molar-refractivity contribution in [1.29, 1.82) is 0 Å². The Hall–Kier alpha value is -3.02. The van der Waals surface area contributed by atoms with Gasteiger partial charge in [0.2, 0.25) is 5.95 Å². The lowest BCUT2D eigenvalue weighted by molar-refractivity contribution is 0.613. The zero-order valence-corrected chi connectivity index (χ0v) is 14.2. The number of nitrogens with zero attached hydrogens (tertiary/aromatic N) is 3. The normalized spacial score (nSPS) is 10.7. The Labute approximate surface area is 146 Å². The average molecular weight is 337 g/mol. The molecule has 6 heteroatoms. The number of rotatable bonds is 6. The van der Waals surface area contributed by atoms with E-state index in [0.717, 1.165) is 11.3 Å². The van der Waals surface area contributed by atoms with Crippen LogP contribution >= 0.6 is 0 Å². The molecule has 0 fully saturated rings. The van der Waals surface area contributed by atoms with Gasteiger partial charge in [-0.15, -0.1) is 0 Å². The standard InChI is InChI=1S/C19H20FN5/c1-13(2)23-19-24-17(14-7-9-21-10-8-14)11-18(25-19)22-12-15-5-3-4-6-16(15)20/h3-11,13H,12H2,1-2H3,(H2,22,23,24,25). The van der Waals surface area contributed by atoms with E-state index >= 15 is 0 Å². The molecule has 0 aliphatic heterocycles. The molecule has 2 heterocycles. The molecule has 2 aromatic heterocycles. The van der Waals surface area contributed by atoms with Gasteiger partial charge in [0.05, 0.1) is 5.69 Å². The molecule has 25 heavy (non-hydrogen) atoms. The van der Waals surface area contributed by atoms with Crippen molar-refractivity contribution in [2.24, 2.45) is 0 Å². The quantitative estimate of drug-likeness (QED) is 0.709. The van der Waals surface area contributed by atoms with Crippen LogP contribution in [0.2, 0.25) is 0 Å². The maximum absolute atomic E-state index is 13.8. The Morgan fingerprint density at radius 1 is 1.04 bits per heavy atom. The lowest BCUT2D eigenvalue weighted by Crippen LogP contribution is -2.14. The number of anilines is 2. The average Bonchev–Trinajstić information content (AvgIpc) is 2.61. The summed E-state index contributed by atoms with van der Waals surface area (Å²) in [6.45, 7) is 4.39. The van der Waals surface area contributed by atoms with Crippen LogP contribution in [0, 0.1) is 5.82 Å². The number of hydrogen-bond acceptors (Lipinski definition) is 5. The first-order valence-corrected chi connectivity index (χ1v) is 8.15. The smallest absolute Gasteiger partial charge is 0.225 e. The molecule has 3 aromatic rings. The van der Waals surface area contributed by atoms with E-state index in [1.807, 2.05) is 38.1 Å². The minimum Gasteiger partial charge on any atom is -0.366 e. The lowest BCUT2D eigenvalue weighted by atomic mass is 10.2. The van der Waals surface area contributed by atoms with Gasteiger partial charge in [-0.2, -0.15) is 4.98 Å². The van der Waals surface area contributed by atoms with Crippen molar-refractivity contribution < 1.29 is 4.39 Å². The van der Waals surface area contributed by atoms with Gasteiger partial charge in [0.25, 0.3) is 0 Å². The van der Waals surface area contributed by atoms with Crippen LogP contribution in [0.4, 0.5) is 16.2 Å². The highest BCUT2D eigenvalue weighted by Gasteiger charge is 2.08. The van der Waals surface area contributed by atoms with Gasteiger partial charge >= 0.3 is 0 Å². The van der Waals surface area contributed by atoms with Crippen molar-refractivity contribution in [2.75, 3.05) is 10.6 Å². The first-order valence-electron chi connectivity index (χ1n) is 8.15. The Morgan fingerprint density at radius 2 is 1.80 bits per heavy atom. The van der Waals surface area contributed by atoms with E-state index in [2.05, 4.69) is 25.6 Å². The van der Waals surface area contributed by atoms with Gasteiger partial charge in [0, 0.05) is 42.2 Å². The van der Waals surface area contributed by atoms with Gasteiger partial charge in [0.15, 0.2) is 0 Å². The fourth-order valence-corrected chi connectivity index (χ4v) is 2.36. The van der Waals surface area contributed by atoms with Crippen LogP contribution in [0.5, 0.6) is 0 Å². The SMILES string of the molecule is CC(C)Nc1nc(NCc2ccccc2F)cc(-c2ccncc2)n1. The molecule has 0 unspecified atom stereocenters. The highest BCUT2D eigenvalue weighted by Crippen LogP contribution is 2.21. The van der Waals surface area contributed by atoms with Crippen LogP contribution in [0.1, 0.15) is 19.4 Å². The second-order valence-electron chi connectivity index (χ2n) is 5.94. The van der Waals surface area contributed by atoms with Crippen LogP contribution < -0.4 is 10.6 Å². The molecule has 0 atom stereocenters. The molecule has 128 valence electrons. The van der Waals surface area contributed by atoms with Gasteiger partial charge in [-0.1, -0.05) is 18.2 Å². The maximum atomic E-state index is 13.8. The molecule has 0 saturated carbocycles. The Morgan fingerprint density at radius 3 is 2.52 bits per heavy atom. The molecule has 0 aliphatic carbocycles. The van der Waals surface area contributed by atoms with Gasteiger partial charge in [-0.25, -0.2) is 9.37 Å². The minimum absolute atomic E-state index is 0.201. The fraction of sp³-hybridized carbons (Fsp3) is 0.211. The summed E-state index contributed by atoms with van der Waals surface area (Å²) in [5.41, 5.74) is 2.31. The third-order valence-corrected chi connectivity index (χ3v) is 3.54. The first kappa shape index (κ1) is 16.8. The minimum atomic E-state index is -0.237. The molecule has 0 aliphatic rings. The fourth-order valence-electron chi connectivity index (χ4n) is 2.36. The third-order valence-electron chi connectivity index (χ3n) is 3.54. The molecular formula is C19H20FN5. The largest absolute Gasteiger partial charge is 0.366 e. The van der Waals surface area contributed by atoms with Crippen molar-refractivity contribution in [1.82, 2.24) is 15.0 Å². The highest BCUT2D eigenvalue weighted by atomic mass is 19.1. The van der Waals surface area contributed by atoms with E-state index in [9.17, 15) is 4.39 Å². The summed E-state index contributed by atoms with van der Waals surface area (Å²) in [4.78, 5) is 13.1. The zero-order valence-electron chi connectivity index (χ0n) is 14.2. The first-order chi connectivity index (χ1) is 12.1. The van der Waals surface area contributed by atoms with Crippen LogP contribution in [0.25, 0.3) is 11.3 Å². The molecule has 5 nitrogen and oxygen atoms in total. The van der Waals surface area contributed by atoms with Crippen LogP contribution in [-0.4, -0.2) is 21.0 Å². The van der Waals surface area contributed by atoms with Crippen molar-refractivity contribution in [2.45, 2.75) is 26.4 Å². The van der Waals surface area contributed by atoms with E-state index in [4.69, 9.17) is 0 Å². The van der Waals surface area contributed by atoms with Gasteiger partial charge < -0.3 is 10.6 Å². The Bertz CT molecular complexity index is 836. The molecule has 1 aromatic carbocycles. The summed E-state index contributed by atoms with van der Waals surface area (Å²) in [7, 11) is 0. The summed E-state index contributed by atoms with van der Waals surface area (Å²) >= 11 is 0. The van der Waals surface area contributed by atoms with Crippen LogP contribution in [0.15, 0.2) is 54.9 Å². The molecule has 0 amide bonds. The van der Waals surface area contributed by atoms with E-state index in [1.54, 1.807) is 24.5 Å². The van der Waals surface area contributed by atoms with Crippen LogP contribution in [0.3, 0.4) is 0 Å². The number of aromatic nitrogens is 3. The number of pyridine rings is 1. The lowest BCUT2D eigenvalue weighted by Gasteiger charge is -2.13. The summed E-state index contributed by atoms with van der Waals surface area (Å²) in [6.07, 6.45) is 3.44. The third kappa shape index (κ3) is 4.50. The number of hydrogen-bond donors (Lipinski definition) is 2. The van der Waals surface area contributed by atoms with Crippen molar-refractivity contribution in [3.63, 3.8) is 0 Å². The second-order valence-corrected chi connectivity index (χ2v) is 5.94. The summed E-state index contributed by atoms with van der Waals surface area (Å²) in [5.74, 6) is 0.924. The van der Waals surface area contributed by atoms with E-state index in [1.165, 1.54) is 6.07 Å². The molecular weight excluding hydrogens is 317 g/mol. The van der Waals surface area contributed by atoms with E-state index < -0.39 is 0 Å². The molecule has 0 saturated heterocycles. The van der Waals surface area contributed by atoms with Gasteiger partial charge in [0.1, 0.15) is 11.6 Å². The van der Waals surface area contributed by atoms with E-state index in [0.29, 0.717) is 23.9 Å². The highest BCUT2D eigenvalue weighted by molar-refractivity contribution is 5.64. The predicted molar refractivity (Wildman–Crippen MR) is 97.7 cm³/mol. The van der Waals surface area contributed by atoms with Crippen molar-refractivity contribution in [3.05, 3.63) is 66.2 Å². The van der Waals surface area contributed by atoms with Crippen LogP contribution in [-0.2, 0) is 6.54 Å². The number of nitrogens with one attached hydrogen (secondary N) is 2.